The summed E-state index contributed by atoms with van der Waals surface area (Å²) in [5, 5.41) is 26.0. The second-order valence-electron chi connectivity index (χ2n) is 4.51. The van der Waals surface area contributed by atoms with Gasteiger partial charge in [0, 0.05) is 12.6 Å². The Morgan fingerprint density at radius 2 is 1.87 bits per heavy atom. The maximum absolute atomic E-state index is 10.2. The number of hydrogen-bond acceptors (Lipinski definition) is 4. The van der Waals surface area contributed by atoms with E-state index in [2.05, 4.69) is 5.32 Å². The normalized spacial score (nSPS) is 11.2. The highest BCUT2D eigenvalue weighted by Gasteiger charge is 2.09. The molecule has 0 heterocycles. The van der Waals surface area contributed by atoms with Crippen LogP contribution in [0.2, 0.25) is 0 Å². The fraction of sp³-hybridized carbons (Fsp3) is 0.267. The zero-order valence-electron chi connectivity index (χ0n) is 12.6. The largest absolute Gasteiger partial charge is 0.480 e. The van der Waals surface area contributed by atoms with Gasteiger partial charge in [-0.3, -0.25) is 10.2 Å². The Balaban J connectivity index is 0.000000422. The summed E-state index contributed by atoms with van der Waals surface area (Å²) in [5.74, 6) is -2.04. The second-order valence-corrected chi connectivity index (χ2v) is 4.51. The molecule has 0 radical (unpaired) electrons. The predicted molar refractivity (Wildman–Crippen MR) is 87.9 cm³/mol. The van der Waals surface area contributed by atoms with Crippen molar-refractivity contribution in [3.8, 4) is 0 Å². The van der Waals surface area contributed by atoms with Gasteiger partial charge in [0.25, 0.3) is 0 Å². The van der Waals surface area contributed by atoms with Gasteiger partial charge in [-0.15, -0.1) is 0 Å². The maximum Gasteiger partial charge on any atom is 0.328 e. The molecule has 0 fully saturated rings. The third-order valence-corrected chi connectivity index (χ3v) is 2.54. The molecule has 8 heteroatoms. The molecular formula is C15H22N4O4. The number of aliphatic carboxylic acids is 2. The van der Waals surface area contributed by atoms with E-state index in [0.717, 1.165) is 11.6 Å². The number of carbonyl (C=O) groups is 2. The smallest absolute Gasteiger partial charge is 0.328 e. The Morgan fingerprint density at radius 3 is 2.35 bits per heavy atom. The molecule has 23 heavy (non-hydrogen) atoms. The van der Waals surface area contributed by atoms with Gasteiger partial charge in [0.05, 0.1) is 0 Å². The highest BCUT2D eigenvalue weighted by Crippen LogP contribution is 1.99. The minimum Gasteiger partial charge on any atom is -0.480 e. The van der Waals surface area contributed by atoms with Crippen molar-refractivity contribution in [3.63, 3.8) is 0 Å². The van der Waals surface area contributed by atoms with Gasteiger partial charge in [0.1, 0.15) is 6.04 Å². The van der Waals surface area contributed by atoms with Gasteiger partial charge in [-0.25, -0.2) is 4.79 Å². The molecule has 0 unspecified atom stereocenters. The number of nitrogens with two attached hydrogens (primary N) is 2. The first-order valence-corrected chi connectivity index (χ1v) is 6.85. The van der Waals surface area contributed by atoms with Gasteiger partial charge in [0.15, 0.2) is 5.96 Å². The predicted octanol–water partition coefficient (Wildman–Crippen LogP) is 0.446. The van der Waals surface area contributed by atoms with E-state index in [1.54, 1.807) is 6.08 Å². The van der Waals surface area contributed by atoms with Crippen LogP contribution in [-0.4, -0.2) is 40.7 Å². The summed E-state index contributed by atoms with van der Waals surface area (Å²) in [7, 11) is 0. The van der Waals surface area contributed by atoms with E-state index in [1.165, 1.54) is 0 Å². The molecule has 0 saturated heterocycles. The number of nitrogens with one attached hydrogen (secondary N) is 2. The van der Waals surface area contributed by atoms with Gasteiger partial charge in [0.2, 0.25) is 0 Å². The summed E-state index contributed by atoms with van der Waals surface area (Å²) < 4.78 is 0. The van der Waals surface area contributed by atoms with Crippen molar-refractivity contribution in [1.29, 1.82) is 5.41 Å². The number of benzene rings is 1. The van der Waals surface area contributed by atoms with Crippen LogP contribution in [0, 0.1) is 5.41 Å². The fourth-order valence-electron chi connectivity index (χ4n) is 1.40. The Hall–Kier alpha value is -2.87. The molecule has 1 aromatic carbocycles. The molecule has 8 N–H and O–H groups in total. The lowest BCUT2D eigenvalue weighted by Gasteiger charge is -2.06. The van der Waals surface area contributed by atoms with Crippen LogP contribution in [0.4, 0.5) is 0 Å². The topological polar surface area (TPSA) is 163 Å². The summed E-state index contributed by atoms with van der Waals surface area (Å²) in [6.07, 6.45) is 3.65. The monoisotopic (exact) mass is 322 g/mol. The number of guanidine groups is 1. The molecule has 1 rings (SSSR count). The average molecular weight is 322 g/mol. The van der Waals surface area contributed by atoms with E-state index in [1.807, 2.05) is 30.3 Å². The van der Waals surface area contributed by atoms with Crippen molar-refractivity contribution < 1.29 is 19.8 Å². The van der Waals surface area contributed by atoms with Crippen LogP contribution >= 0.6 is 0 Å². The van der Waals surface area contributed by atoms with Crippen LogP contribution in [0.25, 0.3) is 6.08 Å². The zero-order valence-corrected chi connectivity index (χ0v) is 12.6. The van der Waals surface area contributed by atoms with E-state index >= 15 is 0 Å². The Morgan fingerprint density at radius 1 is 1.26 bits per heavy atom. The molecule has 126 valence electrons. The molecule has 0 bridgehead atoms. The van der Waals surface area contributed by atoms with Crippen molar-refractivity contribution >= 4 is 24.0 Å². The molecule has 0 aliphatic rings. The minimum absolute atomic E-state index is 0.112. The van der Waals surface area contributed by atoms with Gasteiger partial charge < -0.3 is 27.0 Å². The quantitative estimate of drug-likeness (QED) is 0.184. The molecule has 8 nitrogen and oxygen atoms in total. The third-order valence-electron chi connectivity index (χ3n) is 2.54. The first-order valence-electron chi connectivity index (χ1n) is 6.85. The van der Waals surface area contributed by atoms with Crippen molar-refractivity contribution in [1.82, 2.24) is 5.32 Å². The van der Waals surface area contributed by atoms with Crippen LogP contribution in [-0.2, 0) is 9.59 Å². The van der Waals surface area contributed by atoms with Crippen LogP contribution < -0.4 is 16.8 Å². The molecule has 0 aliphatic heterocycles. The standard InChI is InChI=1S/C9H8O2.C6H14N4O2/c10-9(11)7-6-8-4-2-1-3-5-8;7-4(5(11)12)2-1-3-10-6(8)9/h1-7H,(H,10,11);4H,1-3,7H2,(H,11,12)(H4,8,9,10)/t;4-/m.0/s1. The van der Waals surface area contributed by atoms with E-state index in [9.17, 15) is 9.59 Å². The molecule has 1 atom stereocenters. The lowest BCUT2D eigenvalue weighted by molar-refractivity contribution is -0.138. The summed E-state index contributed by atoms with van der Waals surface area (Å²) >= 11 is 0. The zero-order chi connectivity index (χ0) is 17.7. The molecular weight excluding hydrogens is 300 g/mol. The van der Waals surface area contributed by atoms with Crippen LogP contribution in [0.1, 0.15) is 18.4 Å². The summed E-state index contributed by atoms with van der Waals surface area (Å²) in [6.45, 7) is 0.482. The van der Waals surface area contributed by atoms with E-state index in [4.69, 9.17) is 27.1 Å². The Bertz CT molecular complexity index is 532. The highest BCUT2D eigenvalue weighted by atomic mass is 16.4. The van der Waals surface area contributed by atoms with E-state index in [-0.39, 0.29) is 5.96 Å². The first-order chi connectivity index (χ1) is 10.8. The number of rotatable bonds is 7. The van der Waals surface area contributed by atoms with Crippen molar-refractivity contribution in [2.45, 2.75) is 18.9 Å². The first kappa shape index (κ1) is 20.1. The molecule has 0 saturated carbocycles. The molecule has 0 aromatic heterocycles. The second kappa shape index (κ2) is 11.8. The lowest BCUT2D eigenvalue weighted by atomic mass is 10.2. The van der Waals surface area contributed by atoms with Crippen LogP contribution in [0.3, 0.4) is 0 Å². The van der Waals surface area contributed by atoms with Crippen LogP contribution in [0.5, 0.6) is 0 Å². The molecule has 0 spiro atoms. The summed E-state index contributed by atoms with van der Waals surface area (Å²) in [5.41, 5.74) is 11.1. The van der Waals surface area contributed by atoms with E-state index in [0.29, 0.717) is 19.4 Å². The molecule has 0 aliphatic carbocycles. The SMILES string of the molecule is N=C(N)NCCC[C@H](N)C(=O)O.O=C(O)C=Cc1ccccc1. The molecule has 1 aromatic rings. The van der Waals surface area contributed by atoms with Crippen molar-refractivity contribution in [2.75, 3.05) is 6.54 Å². The van der Waals surface area contributed by atoms with E-state index < -0.39 is 18.0 Å². The number of hydrogen-bond donors (Lipinski definition) is 6. The molecule has 0 amide bonds. The number of carboxylic acid groups (broad SMARTS) is 2. The van der Waals surface area contributed by atoms with Gasteiger partial charge in [-0.05, 0) is 24.5 Å². The van der Waals surface area contributed by atoms with Gasteiger partial charge in [-0.1, -0.05) is 30.3 Å². The lowest BCUT2D eigenvalue weighted by Crippen LogP contribution is -2.34. The highest BCUT2D eigenvalue weighted by molar-refractivity contribution is 5.85. The maximum atomic E-state index is 10.2. The van der Waals surface area contributed by atoms with Crippen molar-refractivity contribution in [3.05, 3.63) is 42.0 Å². The van der Waals surface area contributed by atoms with Gasteiger partial charge in [-0.2, -0.15) is 0 Å². The number of carboxylic acids is 2. The third kappa shape index (κ3) is 12.6. The average Bonchev–Trinajstić information content (AvgIpc) is 2.50. The van der Waals surface area contributed by atoms with Crippen LogP contribution in [0.15, 0.2) is 36.4 Å². The van der Waals surface area contributed by atoms with Crippen molar-refractivity contribution in [2.24, 2.45) is 11.5 Å². The fourth-order valence-corrected chi connectivity index (χ4v) is 1.40. The summed E-state index contributed by atoms with van der Waals surface area (Å²) in [4.78, 5) is 20.3. The van der Waals surface area contributed by atoms with Gasteiger partial charge >= 0.3 is 11.9 Å². The minimum atomic E-state index is -1.00. The Labute approximate surface area is 134 Å². The summed E-state index contributed by atoms with van der Waals surface area (Å²) in [6, 6.07) is 8.48. The Kier molecular flexibility index (Phi) is 10.3.